The van der Waals surface area contributed by atoms with Crippen molar-refractivity contribution in [3.63, 3.8) is 0 Å². The zero-order valence-corrected chi connectivity index (χ0v) is 19.6. The van der Waals surface area contributed by atoms with Gasteiger partial charge in [-0.05, 0) is 44.0 Å². The van der Waals surface area contributed by atoms with Crippen LogP contribution < -0.4 is 10.6 Å². The number of benzene rings is 1. The molecule has 0 spiro atoms. The average molecular weight is 440 g/mol. The van der Waals surface area contributed by atoms with Crippen LogP contribution in [0.1, 0.15) is 56.6 Å². The van der Waals surface area contributed by atoms with E-state index in [-0.39, 0.29) is 24.8 Å². The summed E-state index contributed by atoms with van der Waals surface area (Å²) in [5, 5.41) is 0. The molecule has 29 heavy (non-hydrogen) atoms. The predicted octanol–water partition coefficient (Wildman–Crippen LogP) is 4.83. The van der Waals surface area contributed by atoms with E-state index in [1.165, 1.54) is 5.56 Å². The second-order valence-corrected chi connectivity index (χ2v) is 7.91. The van der Waals surface area contributed by atoms with Crippen molar-refractivity contribution in [2.75, 3.05) is 30.3 Å². The fourth-order valence-electron chi connectivity index (χ4n) is 3.88. The largest absolute Gasteiger partial charge is 0.399 e. The van der Waals surface area contributed by atoms with Crippen LogP contribution in [0.5, 0.6) is 0 Å². The minimum atomic E-state index is 0. The lowest BCUT2D eigenvalue weighted by atomic mass is 10.0. The molecule has 2 aromatic rings. The van der Waals surface area contributed by atoms with E-state index in [1.807, 2.05) is 12.1 Å². The summed E-state index contributed by atoms with van der Waals surface area (Å²) in [5.74, 6) is 2.39. The van der Waals surface area contributed by atoms with Crippen LogP contribution in [0.2, 0.25) is 0 Å². The van der Waals surface area contributed by atoms with E-state index in [4.69, 9.17) is 10.7 Å². The summed E-state index contributed by atoms with van der Waals surface area (Å²) in [6.45, 7) is 12.7. The van der Waals surface area contributed by atoms with Gasteiger partial charge in [-0.3, -0.25) is 4.90 Å². The highest BCUT2D eigenvalue weighted by Crippen LogP contribution is 2.24. The SMILES string of the molecule is CCN(Cc1cccc(N)c1)C1CCN(c2cc(C)nc(C(C)C)n2)CC1.Cl.Cl. The first-order valence-electron chi connectivity index (χ1n) is 10.1. The third kappa shape index (κ3) is 6.73. The summed E-state index contributed by atoms with van der Waals surface area (Å²) in [6.07, 6.45) is 2.33. The number of anilines is 2. The summed E-state index contributed by atoms with van der Waals surface area (Å²) in [6, 6.07) is 11.0. The lowest BCUT2D eigenvalue weighted by Gasteiger charge is -2.39. The van der Waals surface area contributed by atoms with Gasteiger partial charge in [0.15, 0.2) is 0 Å². The Morgan fingerprint density at radius 3 is 2.41 bits per heavy atom. The Bertz CT molecular complexity index is 761. The van der Waals surface area contributed by atoms with Gasteiger partial charge in [0.25, 0.3) is 0 Å². The molecule has 2 N–H and O–H groups in total. The van der Waals surface area contributed by atoms with Crippen LogP contribution in [0.4, 0.5) is 11.5 Å². The molecule has 0 amide bonds. The summed E-state index contributed by atoms with van der Waals surface area (Å²) < 4.78 is 0. The number of aryl methyl sites for hydroxylation is 1. The molecule has 0 saturated carbocycles. The van der Waals surface area contributed by atoms with Crippen LogP contribution in [-0.4, -0.2) is 40.5 Å². The molecule has 1 aliphatic heterocycles. The van der Waals surface area contributed by atoms with E-state index in [2.05, 4.69) is 60.7 Å². The zero-order chi connectivity index (χ0) is 19.4. The monoisotopic (exact) mass is 439 g/mol. The first kappa shape index (κ1) is 25.5. The van der Waals surface area contributed by atoms with Crippen molar-refractivity contribution in [3.05, 3.63) is 47.4 Å². The van der Waals surface area contributed by atoms with E-state index in [0.29, 0.717) is 12.0 Å². The predicted molar refractivity (Wildman–Crippen MR) is 128 cm³/mol. The van der Waals surface area contributed by atoms with E-state index in [9.17, 15) is 0 Å². The lowest BCUT2D eigenvalue weighted by Crippen LogP contribution is -2.45. The van der Waals surface area contributed by atoms with Gasteiger partial charge >= 0.3 is 0 Å². The number of piperidine rings is 1. The van der Waals surface area contributed by atoms with Crippen LogP contribution in [0.3, 0.4) is 0 Å². The van der Waals surface area contributed by atoms with E-state index in [1.54, 1.807) is 0 Å². The number of aromatic nitrogens is 2. The van der Waals surface area contributed by atoms with Crippen molar-refractivity contribution in [1.82, 2.24) is 14.9 Å². The molecule has 0 radical (unpaired) electrons. The first-order valence-corrected chi connectivity index (χ1v) is 10.1. The Morgan fingerprint density at radius 1 is 1.14 bits per heavy atom. The van der Waals surface area contributed by atoms with Gasteiger partial charge in [-0.25, -0.2) is 9.97 Å². The molecule has 1 aliphatic rings. The Labute approximate surface area is 187 Å². The molecular weight excluding hydrogens is 405 g/mol. The highest BCUT2D eigenvalue weighted by atomic mass is 35.5. The van der Waals surface area contributed by atoms with Crippen molar-refractivity contribution in [2.24, 2.45) is 0 Å². The lowest BCUT2D eigenvalue weighted by molar-refractivity contribution is 0.169. The van der Waals surface area contributed by atoms with E-state index in [0.717, 1.165) is 62.0 Å². The summed E-state index contributed by atoms with van der Waals surface area (Å²) in [7, 11) is 0. The molecular formula is C22H35Cl2N5. The van der Waals surface area contributed by atoms with Gasteiger partial charge in [0.05, 0.1) is 0 Å². The van der Waals surface area contributed by atoms with Crippen molar-refractivity contribution in [3.8, 4) is 0 Å². The highest BCUT2D eigenvalue weighted by molar-refractivity contribution is 5.85. The highest BCUT2D eigenvalue weighted by Gasteiger charge is 2.25. The fourth-order valence-corrected chi connectivity index (χ4v) is 3.88. The summed E-state index contributed by atoms with van der Waals surface area (Å²) in [5.41, 5.74) is 9.15. The second kappa shape index (κ2) is 11.6. The normalized spacial score (nSPS) is 14.6. The average Bonchev–Trinajstić information content (AvgIpc) is 2.66. The van der Waals surface area contributed by atoms with Crippen molar-refractivity contribution in [1.29, 1.82) is 0 Å². The fraction of sp³-hybridized carbons (Fsp3) is 0.545. The number of nitrogens with two attached hydrogens (primary N) is 1. The Balaban J connectivity index is 0.00000210. The maximum atomic E-state index is 5.95. The van der Waals surface area contributed by atoms with Crippen LogP contribution in [0.25, 0.3) is 0 Å². The minimum Gasteiger partial charge on any atom is -0.399 e. The minimum absolute atomic E-state index is 0. The summed E-state index contributed by atoms with van der Waals surface area (Å²) >= 11 is 0. The van der Waals surface area contributed by atoms with E-state index < -0.39 is 0 Å². The van der Waals surface area contributed by atoms with Crippen LogP contribution in [0, 0.1) is 6.92 Å². The molecule has 7 heteroatoms. The van der Waals surface area contributed by atoms with Crippen LogP contribution in [0.15, 0.2) is 30.3 Å². The Kier molecular flexibility index (Phi) is 10.2. The second-order valence-electron chi connectivity index (χ2n) is 7.91. The topological polar surface area (TPSA) is 58.3 Å². The van der Waals surface area contributed by atoms with Gasteiger partial charge in [-0.15, -0.1) is 24.8 Å². The number of nitrogen functional groups attached to an aromatic ring is 1. The molecule has 0 aliphatic carbocycles. The van der Waals surface area contributed by atoms with Crippen molar-refractivity contribution >= 4 is 36.3 Å². The standard InChI is InChI=1S/C22H33N5.2ClH/c1-5-26(15-18-7-6-8-19(23)14-18)20-9-11-27(12-10-20)21-13-17(4)24-22(25-21)16(2)3;;/h6-8,13-14,16,20H,5,9-12,15,23H2,1-4H3;2*1H. The Hall–Kier alpha value is -1.56. The number of hydrogen-bond donors (Lipinski definition) is 1. The number of halogens is 2. The van der Waals surface area contributed by atoms with Gasteiger partial charge in [0.2, 0.25) is 0 Å². The maximum Gasteiger partial charge on any atom is 0.133 e. The molecule has 1 aromatic heterocycles. The zero-order valence-electron chi connectivity index (χ0n) is 18.0. The van der Waals surface area contributed by atoms with E-state index >= 15 is 0 Å². The van der Waals surface area contributed by atoms with Gasteiger partial charge in [0, 0.05) is 49.0 Å². The molecule has 0 bridgehead atoms. The van der Waals surface area contributed by atoms with Gasteiger partial charge < -0.3 is 10.6 Å². The third-order valence-electron chi connectivity index (χ3n) is 5.42. The molecule has 3 rings (SSSR count). The summed E-state index contributed by atoms with van der Waals surface area (Å²) in [4.78, 5) is 14.4. The van der Waals surface area contributed by atoms with Gasteiger partial charge in [-0.2, -0.15) is 0 Å². The molecule has 5 nitrogen and oxygen atoms in total. The quantitative estimate of drug-likeness (QED) is 0.653. The molecule has 0 unspecified atom stereocenters. The maximum absolute atomic E-state index is 5.95. The van der Waals surface area contributed by atoms with Gasteiger partial charge in [-0.1, -0.05) is 32.9 Å². The number of nitrogens with zero attached hydrogens (tertiary/aromatic N) is 4. The van der Waals surface area contributed by atoms with Crippen LogP contribution >= 0.6 is 24.8 Å². The van der Waals surface area contributed by atoms with Crippen LogP contribution in [-0.2, 0) is 6.54 Å². The Morgan fingerprint density at radius 2 is 1.83 bits per heavy atom. The smallest absolute Gasteiger partial charge is 0.133 e. The molecule has 1 fully saturated rings. The molecule has 0 atom stereocenters. The number of hydrogen-bond acceptors (Lipinski definition) is 5. The number of rotatable bonds is 6. The van der Waals surface area contributed by atoms with Gasteiger partial charge in [0.1, 0.15) is 11.6 Å². The molecule has 2 heterocycles. The molecule has 1 aromatic carbocycles. The molecule has 162 valence electrons. The third-order valence-corrected chi connectivity index (χ3v) is 5.42. The first-order chi connectivity index (χ1) is 13.0. The van der Waals surface area contributed by atoms with Crippen molar-refractivity contribution in [2.45, 2.75) is 59.0 Å². The van der Waals surface area contributed by atoms with Crippen molar-refractivity contribution < 1.29 is 0 Å². The molecule has 1 saturated heterocycles.